The van der Waals surface area contributed by atoms with E-state index in [4.69, 9.17) is 0 Å². The summed E-state index contributed by atoms with van der Waals surface area (Å²) >= 11 is 0. The van der Waals surface area contributed by atoms with E-state index in [2.05, 4.69) is 4.74 Å². The van der Waals surface area contributed by atoms with Gasteiger partial charge in [0.15, 0.2) is 5.60 Å². The zero-order chi connectivity index (χ0) is 12.3. The van der Waals surface area contributed by atoms with Gasteiger partial charge in [-0.25, -0.2) is 4.79 Å². The van der Waals surface area contributed by atoms with E-state index in [1.54, 1.807) is 0 Å². The van der Waals surface area contributed by atoms with Crippen LogP contribution >= 0.6 is 0 Å². The summed E-state index contributed by atoms with van der Waals surface area (Å²) in [5.74, 6) is -1.16. The van der Waals surface area contributed by atoms with Crippen LogP contribution in [0.25, 0.3) is 0 Å². The van der Waals surface area contributed by atoms with E-state index in [0.717, 1.165) is 6.08 Å². The largest absolute Gasteiger partial charge is 0.463 e. The van der Waals surface area contributed by atoms with E-state index < -0.39 is 23.3 Å². The van der Waals surface area contributed by atoms with Crippen LogP contribution in [0.5, 0.6) is 0 Å². The maximum atomic E-state index is 12.4. The minimum atomic E-state index is -4.92. The lowest BCUT2D eigenvalue weighted by Crippen LogP contribution is -2.46. The fourth-order valence-electron chi connectivity index (χ4n) is 0.959. The highest BCUT2D eigenvalue weighted by molar-refractivity contribution is 5.90. The predicted octanol–water partition coefficient (Wildman–Crippen LogP) is 1.81. The van der Waals surface area contributed by atoms with E-state index in [9.17, 15) is 23.1 Å². The molecule has 0 aromatic heterocycles. The van der Waals surface area contributed by atoms with Crippen LogP contribution in [-0.2, 0) is 9.53 Å². The third-order valence-electron chi connectivity index (χ3n) is 1.86. The van der Waals surface area contributed by atoms with Gasteiger partial charge in [0.05, 0.1) is 12.2 Å². The molecule has 1 unspecified atom stereocenters. The Balaban J connectivity index is 5.08. The molecule has 88 valence electrons. The van der Waals surface area contributed by atoms with Gasteiger partial charge in [0.2, 0.25) is 0 Å². The predicted molar refractivity (Wildman–Crippen MR) is 47.1 cm³/mol. The van der Waals surface area contributed by atoms with Crippen LogP contribution in [0.2, 0.25) is 0 Å². The van der Waals surface area contributed by atoms with Crippen LogP contribution in [0.1, 0.15) is 20.8 Å². The van der Waals surface area contributed by atoms with Crippen molar-refractivity contribution in [1.82, 2.24) is 0 Å². The minimum absolute atomic E-state index is 0.0515. The molecule has 15 heavy (non-hydrogen) atoms. The van der Waals surface area contributed by atoms with Gasteiger partial charge in [-0.1, -0.05) is 6.08 Å². The Hall–Kier alpha value is -1.04. The highest BCUT2D eigenvalue weighted by atomic mass is 19.4. The monoisotopic (exact) mass is 226 g/mol. The molecule has 0 radical (unpaired) electrons. The number of carbonyl (C=O) groups is 1. The van der Waals surface area contributed by atoms with Gasteiger partial charge in [-0.3, -0.25) is 0 Å². The van der Waals surface area contributed by atoms with Crippen molar-refractivity contribution in [2.45, 2.75) is 32.5 Å². The molecule has 1 N–H and O–H groups in total. The number of hydrogen-bond acceptors (Lipinski definition) is 3. The van der Waals surface area contributed by atoms with Gasteiger partial charge in [-0.2, -0.15) is 13.2 Å². The van der Waals surface area contributed by atoms with Gasteiger partial charge in [0, 0.05) is 0 Å². The summed E-state index contributed by atoms with van der Waals surface area (Å²) in [6.45, 7) is 3.16. The van der Waals surface area contributed by atoms with Gasteiger partial charge in [0.1, 0.15) is 0 Å². The maximum Gasteiger partial charge on any atom is 0.421 e. The standard InChI is InChI=1S/C9H13F3O3/c1-4-6(7(13)15-5-2)8(3,14)9(10,11)12/h4,14H,5H2,1-3H3/b6-4+. The number of rotatable bonds is 3. The number of ether oxygens (including phenoxy) is 1. The summed E-state index contributed by atoms with van der Waals surface area (Å²) in [5.41, 5.74) is -3.99. The van der Waals surface area contributed by atoms with Crippen molar-refractivity contribution in [3.05, 3.63) is 11.6 Å². The third kappa shape index (κ3) is 2.95. The van der Waals surface area contributed by atoms with Crippen molar-refractivity contribution in [2.75, 3.05) is 6.61 Å². The second-order valence-electron chi connectivity index (χ2n) is 2.99. The number of allylic oxidation sites excluding steroid dienone is 1. The molecule has 0 aliphatic rings. The lowest BCUT2D eigenvalue weighted by Gasteiger charge is -2.27. The molecule has 0 saturated carbocycles. The van der Waals surface area contributed by atoms with Crippen molar-refractivity contribution in [3.8, 4) is 0 Å². The summed E-state index contributed by atoms with van der Waals surface area (Å²) in [6.07, 6.45) is -4.02. The van der Waals surface area contributed by atoms with E-state index in [0.29, 0.717) is 6.92 Å². The lowest BCUT2D eigenvalue weighted by atomic mass is 9.95. The summed E-state index contributed by atoms with van der Waals surface area (Å²) in [5, 5.41) is 9.21. The van der Waals surface area contributed by atoms with E-state index in [-0.39, 0.29) is 6.61 Å². The van der Waals surface area contributed by atoms with Gasteiger partial charge in [0.25, 0.3) is 0 Å². The maximum absolute atomic E-state index is 12.4. The normalized spacial score (nSPS) is 17.1. The Morgan fingerprint density at radius 2 is 1.93 bits per heavy atom. The van der Waals surface area contributed by atoms with Crippen LogP contribution in [0.15, 0.2) is 11.6 Å². The molecular formula is C9H13F3O3. The number of aliphatic hydroxyl groups is 1. The average molecular weight is 226 g/mol. The summed E-state index contributed by atoms with van der Waals surface area (Å²) < 4.78 is 41.5. The van der Waals surface area contributed by atoms with Gasteiger partial charge >= 0.3 is 12.1 Å². The number of alkyl halides is 3. The van der Waals surface area contributed by atoms with Crippen LogP contribution in [0.3, 0.4) is 0 Å². The Kier molecular flexibility index (Phi) is 4.33. The Bertz CT molecular complexity index is 266. The second kappa shape index (κ2) is 4.65. The molecule has 0 aliphatic carbocycles. The first-order valence-corrected chi connectivity index (χ1v) is 4.31. The van der Waals surface area contributed by atoms with Crippen molar-refractivity contribution >= 4 is 5.97 Å². The first-order valence-electron chi connectivity index (χ1n) is 4.31. The molecule has 0 spiro atoms. The molecule has 0 amide bonds. The molecule has 0 bridgehead atoms. The number of hydrogen-bond donors (Lipinski definition) is 1. The minimum Gasteiger partial charge on any atom is -0.463 e. The molecule has 6 heteroatoms. The highest BCUT2D eigenvalue weighted by Crippen LogP contribution is 2.36. The van der Waals surface area contributed by atoms with Crippen molar-refractivity contribution in [3.63, 3.8) is 0 Å². The summed E-state index contributed by atoms with van der Waals surface area (Å²) in [6, 6.07) is 0. The van der Waals surface area contributed by atoms with Crippen LogP contribution < -0.4 is 0 Å². The molecular weight excluding hydrogens is 213 g/mol. The van der Waals surface area contributed by atoms with Crippen LogP contribution in [0, 0.1) is 0 Å². The first kappa shape index (κ1) is 14.0. The second-order valence-corrected chi connectivity index (χ2v) is 2.99. The molecule has 0 aromatic rings. The van der Waals surface area contributed by atoms with Crippen LogP contribution in [0.4, 0.5) is 13.2 Å². The Morgan fingerprint density at radius 3 is 2.20 bits per heavy atom. The molecule has 0 rings (SSSR count). The van der Waals surface area contributed by atoms with Gasteiger partial charge in [-0.15, -0.1) is 0 Å². The molecule has 0 saturated heterocycles. The van der Waals surface area contributed by atoms with Crippen LogP contribution in [-0.4, -0.2) is 29.5 Å². The zero-order valence-electron chi connectivity index (χ0n) is 8.68. The van der Waals surface area contributed by atoms with E-state index in [1.165, 1.54) is 13.8 Å². The summed E-state index contributed by atoms with van der Waals surface area (Å²) in [7, 11) is 0. The highest BCUT2D eigenvalue weighted by Gasteiger charge is 2.54. The lowest BCUT2D eigenvalue weighted by molar-refractivity contribution is -0.238. The molecule has 3 nitrogen and oxygen atoms in total. The average Bonchev–Trinajstić information content (AvgIpc) is 2.03. The quantitative estimate of drug-likeness (QED) is 0.589. The van der Waals surface area contributed by atoms with E-state index >= 15 is 0 Å². The smallest absolute Gasteiger partial charge is 0.421 e. The van der Waals surface area contributed by atoms with Crippen molar-refractivity contribution in [2.24, 2.45) is 0 Å². The number of halogens is 3. The Morgan fingerprint density at radius 1 is 1.47 bits per heavy atom. The number of esters is 1. The van der Waals surface area contributed by atoms with Crippen molar-refractivity contribution in [1.29, 1.82) is 0 Å². The molecule has 0 aliphatic heterocycles. The molecule has 1 atom stereocenters. The SMILES string of the molecule is C/C=C(\C(=O)OCC)C(C)(O)C(F)(F)F. The summed E-state index contributed by atoms with van der Waals surface area (Å²) in [4.78, 5) is 11.1. The molecule has 0 aromatic carbocycles. The van der Waals surface area contributed by atoms with Gasteiger partial charge < -0.3 is 9.84 Å². The topological polar surface area (TPSA) is 46.5 Å². The zero-order valence-corrected chi connectivity index (χ0v) is 8.68. The van der Waals surface area contributed by atoms with Crippen molar-refractivity contribution < 1.29 is 27.8 Å². The molecule has 0 heterocycles. The fraction of sp³-hybridized carbons (Fsp3) is 0.667. The first-order chi connectivity index (χ1) is 6.68. The van der Waals surface area contributed by atoms with E-state index in [1.807, 2.05) is 0 Å². The number of carbonyl (C=O) groups excluding carboxylic acids is 1. The fourth-order valence-corrected chi connectivity index (χ4v) is 0.959. The Labute approximate surface area is 85.5 Å². The van der Waals surface area contributed by atoms with Gasteiger partial charge in [-0.05, 0) is 20.8 Å². The molecule has 0 fully saturated rings. The third-order valence-corrected chi connectivity index (χ3v) is 1.86.